The normalized spacial score (nSPS) is 14.7. The van der Waals surface area contributed by atoms with Crippen LogP contribution < -0.4 is 14.8 Å². The van der Waals surface area contributed by atoms with Crippen LogP contribution in [0.15, 0.2) is 42.5 Å². The maximum atomic E-state index is 12.5. The van der Waals surface area contributed by atoms with Crippen molar-refractivity contribution in [3.63, 3.8) is 0 Å². The molecular weight excluding hydrogens is 358 g/mol. The zero-order valence-corrected chi connectivity index (χ0v) is 16.4. The van der Waals surface area contributed by atoms with Crippen LogP contribution in [0.5, 0.6) is 11.5 Å². The SMILES string of the molecule is CC[C@H](C)c1ccccc1NC(=O)[C@@H](C)OC(=O)c1ccc2c(c1)OCCO2. The molecule has 1 aliphatic rings. The fourth-order valence-electron chi connectivity index (χ4n) is 2.95. The molecule has 1 heterocycles. The number of rotatable bonds is 6. The van der Waals surface area contributed by atoms with Gasteiger partial charge < -0.3 is 19.5 Å². The summed E-state index contributed by atoms with van der Waals surface area (Å²) in [7, 11) is 0. The number of hydrogen-bond donors (Lipinski definition) is 1. The van der Waals surface area contributed by atoms with Crippen molar-refractivity contribution in [1.82, 2.24) is 0 Å². The minimum Gasteiger partial charge on any atom is -0.486 e. The molecule has 1 N–H and O–H groups in total. The lowest BCUT2D eigenvalue weighted by molar-refractivity contribution is -0.123. The first-order valence-electron chi connectivity index (χ1n) is 9.50. The predicted octanol–water partition coefficient (Wildman–Crippen LogP) is 4.16. The number of carbonyl (C=O) groups excluding carboxylic acids is 2. The Kier molecular flexibility index (Phi) is 6.19. The molecule has 0 fully saturated rings. The number of carbonyl (C=O) groups is 2. The number of hydrogen-bond acceptors (Lipinski definition) is 5. The maximum Gasteiger partial charge on any atom is 0.339 e. The van der Waals surface area contributed by atoms with Crippen molar-refractivity contribution in [2.24, 2.45) is 0 Å². The van der Waals surface area contributed by atoms with Gasteiger partial charge in [0.15, 0.2) is 17.6 Å². The lowest BCUT2D eigenvalue weighted by Crippen LogP contribution is -2.30. The first kappa shape index (κ1) is 19.7. The van der Waals surface area contributed by atoms with Gasteiger partial charge in [-0.2, -0.15) is 0 Å². The van der Waals surface area contributed by atoms with Crippen LogP contribution in [0, 0.1) is 0 Å². The zero-order chi connectivity index (χ0) is 20.1. The van der Waals surface area contributed by atoms with E-state index in [1.807, 2.05) is 24.3 Å². The molecule has 1 amide bonds. The highest BCUT2D eigenvalue weighted by atomic mass is 16.6. The number of anilines is 1. The highest BCUT2D eigenvalue weighted by Crippen LogP contribution is 2.31. The van der Waals surface area contributed by atoms with Crippen LogP contribution in [-0.4, -0.2) is 31.2 Å². The highest BCUT2D eigenvalue weighted by Gasteiger charge is 2.22. The van der Waals surface area contributed by atoms with Gasteiger partial charge in [-0.1, -0.05) is 32.0 Å². The summed E-state index contributed by atoms with van der Waals surface area (Å²) in [6.07, 6.45) is 0.0207. The quantitative estimate of drug-likeness (QED) is 0.759. The number of amides is 1. The number of esters is 1. The predicted molar refractivity (Wildman–Crippen MR) is 106 cm³/mol. The second kappa shape index (κ2) is 8.78. The van der Waals surface area contributed by atoms with Crippen molar-refractivity contribution in [2.45, 2.75) is 39.2 Å². The van der Waals surface area contributed by atoms with Gasteiger partial charge in [0.25, 0.3) is 5.91 Å². The fourth-order valence-corrected chi connectivity index (χ4v) is 2.95. The summed E-state index contributed by atoms with van der Waals surface area (Å²) >= 11 is 0. The van der Waals surface area contributed by atoms with Crippen LogP contribution in [0.1, 0.15) is 49.0 Å². The Labute approximate surface area is 164 Å². The Balaban J connectivity index is 1.65. The summed E-state index contributed by atoms with van der Waals surface area (Å²) in [5.74, 6) is 0.444. The Bertz CT molecular complexity index is 864. The zero-order valence-electron chi connectivity index (χ0n) is 16.4. The molecule has 2 atom stereocenters. The summed E-state index contributed by atoms with van der Waals surface area (Å²) in [5, 5.41) is 2.87. The van der Waals surface area contributed by atoms with Gasteiger partial charge in [-0.3, -0.25) is 4.79 Å². The van der Waals surface area contributed by atoms with E-state index in [9.17, 15) is 9.59 Å². The van der Waals surface area contributed by atoms with Crippen LogP contribution in [0.25, 0.3) is 0 Å². The monoisotopic (exact) mass is 383 g/mol. The van der Waals surface area contributed by atoms with Gasteiger partial charge in [-0.15, -0.1) is 0 Å². The molecule has 148 valence electrons. The maximum absolute atomic E-state index is 12.5. The summed E-state index contributed by atoms with van der Waals surface area (Å²) in [4.78, 5) is 25.0. The molecule has 0 bridgehead atoms. The second-order valence-corrected chi connectivity index (χ2v) is 6.79. The van der Waals surface area contributed by atoms with E-state index in [1.54, 1.807) is 25.1 Å². The molecule has 0 radical (unpaired) electrons. The molecule has 6 heteroatoms. The van der Waals surface area contributed by atoms with Crippen molar-refractivity contribution in [2.75, 3.05) is 18.5 Å². The second-order valence-electron chi connectivity index (χ2n) is 6.79. The van der Waals surface area contributed by atoms with E-state index < -0.39 is 12.1 Å². The van der Waals surface area contributed by atoms with Gasteiger partial charge in [0.2, 0.25) is 0 Å². The molecule has 2 aromatic rings. The average Bonchev–Trinajstić information content (AvgIpc) is 2.73. The molecule has 1 aliphatic heterocycles. The molecule has 6 nitrogen and oxygen atoms in total. The summed E-state index contributed by atoms with van der Waals surface area (Å²) < 4.78 is 16.3. The van der Waals surface area contributed by atoms with E-state index in [4.69, 9.17) is 14.2 Å². The number of nitrogens with one attached hydrogen (secondary N) is 1. The Morgan fingerprint density at radius 2 is 1.79 bits per heavy atom. The summed E-state index contributed by atoms with van der Waals surface area (Å²) in [5.41, 5.74) is 2.11. The number of fused-ring (bicyclic) bond motifs is 1. The Morgan fingerprint density at radius 3 is 2.54 bits per heavy atom. The van der Waals surface area contributed by atoms with Crippen molar-refractivity contribution in [1.29, 1.82) is 0 Å². The summed E-state index contributed by atoms with van der Waals surface area (Å²) in [6, 6.07) is 12.5. The van der Waals surface area contributed by atoms with Crippen molar-refractivity contribution in [3.05, 3.63) is 53.6 Å². The van der Waals surface area contributed by atoms with Gasteiger partial charge in [0.1, 0.15) is 13.2 Å². The van der Waals surface area contributed by atoms with Crippen LogP contribution in [-0.2, 0) is 9.53 Å². The third-order valence-corrected chi connectivity index (χ3v) is 4.79. The largest absolute Gasteiger partial charge is 0.486 e. The lowest BCUT2D eigenvalue weighted by Gasteiger charge is -2.20. The molecule has 3 rings (SSSR count). The first-order chi connectivity index (χ1) is 13.5. The van der Waals surface area contributed by atoms with Gasteiger partial charge in [0.05, 0.1) is 5.56 Å². The summed E-state index contributed by atoms with van der Waals surface area (Å²) in [6.45, 7) is 6.67. The van der Waals surface area contributed by atoms with Crippen LogP contribution in [0.2, 0.25) is 0 Å². The van der Waals surface area contributed by atoms with E-state index in [0.717, 1.165) is 17.7 Å². The molecule has 2 aromatic carbocycles. The van der Waals surface area contributed by atoms with Crippen LogP contribution in [0.3, 0.4) is 0 Å². The molecule has 0 aromatic heterocycles. The Morgan fingerprint density at radius 1 is 1.07 bits per heavy atom. The average molecular weight is 383 g/mol. The van der Waals surface area contributed by atoms with Gasteiger partial charge in [-0.25, -0.2) is 4.79 Å². The van der Waals surface area contributed by atoms with E-state index >= 15 is 0 Å². The standard InChI is InChI=1S/C22H25NO5/c1-4-14(2)17-7-5-6-8-18(17)23-21(24)15(3)28-22(25)16-9-10-19-20(13-16)27-12-11-26-19/h5-10,13-15H,4,11-12H2,1-3H3,(H,23,24)/t14-,15+/m0/s1. The first-order valence-corrected chi connectivity index (χ1v) is 9.50. The van der Waals surface area contributed by atoms with Crippen molar-refractivity contribution < 1.29 is 23.8 Å². The van der Waals surface area contributed by atoms with Crippen molar-refractivity contribution >= 4 is 17.6 Å². The van der Waals surface area contributed by atoms with Gasteiger partial charge in [0, 0.05) is 5.69 Å². The van der Waals surface area contributed by atoms with Gasteiger partial charge in [-0.05, 0) is 49.1 Å². The van der Waals surface area contributed by atoms with E-state index in [2.05, 4.69) is 19.2 Å². The molecule has 0 saturated heterocycles. The number of benzene rings is 2. The lowest BCUT2D eigenvalue weighted by atomic mass is 9.97. The molecule has 0 aliphatic carbocycles. The van der Waals surface area contributed by atoms with E-state index in [0.29, 0.717) is 36.2 Å². The molecule has 0 saturated carbocycles. The minimum absolute atomic E-state index is 0.309. The molecule has 28 heavy (non-hydrogen) atoms. The fraction of sp³-hybridized carbons (Fsp3) is 0.364. The highest BCUT2D eigenvalue weighted by molar-refractivity contribution is 5.98. The van der Waals surface area contributed by atoms with Crippen LogP contribution >= 0.6 is 0 Å². The number of ether oxygens (including phenoxy) is 3. The number of para-hydroxylation sites is 1. The van der Waals surface area contributed by atoms with E-state index in [1.165, 1.54) is 0 Å². The smallest absolute Gasteiger partial charge is 0.339 e. The van der Waals surface area contributed by atoms with Crippen molar-refractivity contribution in [3.8, 4) is 11.5 Å². The van der Waals surface area contributed by atoms with Gasteiger partial charge >= 0.3 is 5.97 Å². The van der Waals surface area contributed by atoms with E-state index in [-0.39, 0.29) is 5.91 Å². The van der Waals surface area contributed by atoms with Crippen LogP contribution in [0.4, 0.5) is 5.69 Å². The minimum atomic E-state index is -0.939. The Hall–Kier alpha value is -3.02. The molecular formula is C22H25NO5. The molecule has 0 unspecified atom stereocenters. The topological polar surface area (TPSA) is 73.9 Å². The third kappa shape index (κ3) is 4.44. The molecule has 0 spiro atoms. The third-order valence-electron chi connectivity index (χ3n) is 4.79.